The third kappa shape index (κ3) is 7.56. The largest absolute Gasteiger partial charge is 0.391 e. The summed E-state index contributed by atoms with van der Waals surface area (Å²) in [6.45, 7) is 2.80. The molecule has 1 aromatic carbocycles. The smallest absolute Gasteiger partial charge is 0.142 e. The summed E-state index contributed by atoms with van der Waals surface area (Å²) in [7, 11) is 0. The summed E-state index contributed by atoms with van der Waals surface area (Å²) in [4.78, 5) is 5.22. The lowest BCUT2D eigenvalue weighted by Crippen LogP contribution is -1.87. The first kappa shape index (κ1) is 13.8. The number of nitrogens with zero attached hydrogens (tertiary/aromatic N) is 1. The van der Waals surface area contributed by atoms with E-state index in [-0.39, 0.29) is 0 Å². The van der Waals surface area contributed by atoms with Gasteiger partial charge in [0.15, 0.2) is 0 Å². The molecule has 1 aromatic rings. The van der Waals surface area contributed by atoms with Crippen molar-refractivity contribution in [2.75, 3.05) is 0 Å². The molecule has 0 aliphatic heterocycles. The van der Waals surface area contributed by atoms with Gasteiger partial charge in [0.1, 0.15) is 6.61 Å². The van der Waals surface area contributed by atoms with Gasteiger partial charge in [-0.1, -0.05) is 68.1 Å². The van der Waals surface area contributed by atoms with Crippen molar-refractivity contribution >= 4 is 6.21 Å². The number of rotatable bonds is 9. The fraction of sp³-hybridized carbons (Fsp3) is 0.533. The second kappa shape index (κ2) is 9.88. The molecule has 0 unspecified atom stereocenters. The molecule has 0 spiro atoms. The second-order valence-corrected chi connectivity index (χ2v) is 4.25. The van der Waals surface area contributed by atoms with Gasteiger partial charge in [-0.2, -0.15) is 0 Å². The van der Waals surface area contributed by atoms with Gasteiger partial charge in [-0.05, 0) is 18.4 Å². The Morgan fingerprint density at radius 3 is 2.59 bits per heavy atom. The van der Waals surface area contributed by atoms with Crippen LogP contribution in [0.2, 0.25) is 0 Å². The van der Waals surface area contributed by atoms with Crippen LogP contribution in [0.25, 0.3) is 0 Å². The average molecular weight is 233 g/mol. The van der Waals surface area contributed by atoms with Gasteiger partial charge >= 0.3 is 0 Å². The minimum atomic E-state index is 0.563. The molecule has 0 saturated carbocycles. The maximum atomic E-state index is 5.22. The molecular formula is C15H23NO. The molecule has 2 heteroatoms. The van der Waals surface area contributed by atoms with Crippen molar-refractivity contribution in [3.05, 3.63) is 35.9 Å². The monoisotopic (exact) mass is 233 g/mol. The average Bonchev–Trinajstić information content (AvgIpc) is 2.38. The molecule has 0 aliphatic rings. The Morgan fingerprint density at radius 1 is 1.06 bits per heavy atom. The summed E-state index contributed by atoms with van der Waals surface area (Å²) in [5.41, 5.74) is 1.16. The predicted octanol–water partition coefficient (Wildman–Crippen LogP) is 4.55. The Balaban J connectivity index is 1.96. The first-order valence-corrected chi connectivity index (χ1v) is 6.61. The molecule has 0 saturated heterocycles. The van der Waals surface area contributed by atoms with Crippen LogP contribution in [0.3, 0.4) is 0 Å². The van der Waals surface area contributed by atoms with Crippen LogP contribution >= 0.6 is 0 Å². The van der Waals surface area contributed by atoms with Crippen molar-refractivity contribution in [3.63, 3.8) is 0 Å². The molecule has 0 fully saturated rings. The van der Waals surface area contributed by atoms with Crippen LogP contribution < -0.4 is 0 Å². The Hall–Kier alpha value is -1.31. The molecule has 94 valence electrons. The quantitative estimate of drug-likeness (QED) is 0.348. The van der Waals surface area contributed by atoms with Crippen molar-refractivity contribution in [1.82, 2.24) is 0 Å². The molecule has 1 rings (SSSR count). The van der Waals surface area contributed by atoms with Crippen LogP contribution in [0.5, 0.6) is 0 Å². The van der Waals surface area contributed by atoms with Gasteiger partial charge in [0.2, 0.25) is 0 Å². The Bertz CT molecular complexity index is 295. The van der Waals surface area contributed by atoms with Crippen LogP contribution in [0.1, 0.15) is 51.0 Å². The first-order valence-electron chi connectivity index (χ1n) is 6.61. The number of oxime groups is 1. The van der Waals surface area contributed by atoms with E-state index in [1.807, 2.05) is 36.5 Å². The number of benzene rings is 1. The summed E-state index contributed by atoms with van der Waals surface area (Å²) < 4.78 is 0. The summed E-state index contributed by atoms with van der Waals surface area (Å²) in [5, 5.41) is 3.96. The lowest BCUT2D eigenvalue weighted by molar-refractivity contribution is 0.131. The maximum Gasteiger partial charge on any atom is 0.142 e. The van der Waals surface area contributed by atoms with E-state index >= 15 is 0 Å². The second-order valence-electron chi connectivity index (χ2n) is 4.25. The Labute approximate surface area is 105 Å². The SMILES string of the molecule is CCCCCCC/C=N/OCc1ccccc1. The minimum Gasteiger partial charge on any atom is -0.391 e. The van der Waals surface area contributed by atoms with Crippen molar-refractivity contribution in [3.8, 4) is 0 Å². The van der Waals surface area contributed by atoms with Crippen molar-refractivity contribution in [1.29, 1.82) is 0 Å². The van der Waals surface area contributed by atoms with E-state index in [4.69, 9.17) is 4.84 Å². The molecule has 17 heavy (non-hydrogen) atoms. The third-order valence-corrected chi connectivity index (χ3v) is 2.66. The highest BCUT2D eigenvalue weighted by Crippen LogP contribution is 2.04. The standard InChI is InChI=1S/C15H23NO/c1-2-3-4-5-6-10-13-16-17-14-15-11-8-7-9-12-15/h7-9,11-13H,2-6,10,14H2,1H3/b16-13+. The highest BCUT2D eigenvalue weighted by atomic mass is 16.6. The molecule has 0 radical (unpaired) electrons. The summed E-state index contributed by atoms with van der Waals surface area (Å²) in [6, 6.07) is 10.1. The fourth-order valence-electron chi connectivity index (χ4n) is 1.63. The van der Waals surface area contributed by atoms with E-state index in [0.29, 0.717) is 6.61 Å². The summed E-state index contributed by atoms with van der Waals surface area (Å²) in [5.74, 6) is 0. The highest BCUT2D eigenvalue weighted by Gasteiger charge is 1.89. The van der Waals surface area contributed by atoms with Crippen molar-refractivity contribution in [2.45, 2.75) is 52.1 Å². The van der Waals surface area contributed by atoms with Gasteiger partial charge in [-0.25, -0.2) is 0 Å². The maximum absolute atomic E-state index is 5.22. The van der Waals surface area contributed by atoms with E-state index in [0.717, 1.165) is 12.0 Å². The minimum absolute atomic E-state index is 0.563. The zero-order valence-electron chi connectivity index (χ0n) is 10.8. The van der Waals surface area contributed by atoms with Gasteiger partial charge in [0.05, 0.1) is 0 Å². The van der Waals surface area contributed by atoms with Crippen LogP contribution in [0.4, 0.5) is 0 Å². The molecule has 0 heterocycles. The number of hydrogen-bond donors (Lipinski definition) is 0. The van der Waals surface area contributed by atoms with Gasteiger partial charge in [-0.3, -0.25) is 0 Å². The van der Waals surface area contributed by atoms with E-state index in [1.165, 1.54) is 32.1 Å². The van der Waals surface area contributed by atoms with Crippen LogP contribution in [-0.2, 0) is 11.4 Å². The molecule has 0 amide bonds. The summed E-state index contributed by atoms with van der Waals surface area (Å²) >= 11 is 0. The Morgan fingerprint density at radius 2 is 1.82 bits per heavy atom. The van der Waals surface area contributed by atoms with Gasteiger partial charge in [0, 0.05) is 6.21 Å². The molecule has 0 atom stereocenters. The topological polar surface area (TPSA) is 21.6 Å². The zero-order valence-corrected chi connectivity index (χ0v) is 10.8. The Kier molecular flexibility index (Phi) is 8.00. The molecule has 0 N–H and O–H groups in total. The lowest BCUT2D eigenvalue weighted by Gasteiger charge is -1.99. The third-order valence-electron chi connectivity index (χ3n) is 2.66. The van der Waals surface area contributed by atoms with Crippen molar-refractivity contribution < 1.29 is 4.84 Å². The normalized spacial score (nSPS) is 10.9. The number of unbranched alkanes of at least 4 members (excludes halogenated alkanes) is 5. The van der Waals surface area contributed by atoms with Crippen LogP contribution in [-0.4, -0.2) is 6.21 Å². The van der Waals surface area contributed by atoms with Gasteiger partial charge in [0.25, 0.3) is 0 Å². The molecule has 0 aliphatic carbocycles. The first-order chi connectivity index (χ1) is 8.43. The van der Waals surface area contributed by atoms with Gasteiger partial charge < -0.3 is 4.84 Å². The highest BCUT2D eigenvalue weighted by molar-refractivity contribution is 5.56. The number of hydrogen-bond acceptors (Lipinski definition) is 2. The zero-order chi connectivity index (χ0) is 12.2. The van der Waals surface area contributed by atoms with E-state index in [9.17, 15) is 0 Å². The molecule has 0 aromatic heterocycles. The van der Waals surface area contributed by atoms with E-state index in [2.05, 4.69) is 12.1 Å². The lowest BCUT2D eigenvalue weighted by atomic mass is 10.1. The predicted molar refractivity (Wildman–Crippen MR) is 73.1 cm³/mol. The van der Waals surface area contributed by atoms with Gasteiger partial charge in [-0.15, -0.1) is 0 Å². The van der Waals surface area contributed by atoms with Crippen LogP contribution in [0.15, 0.2) is 35.5 Å². The van der Waals surface area contributed by atoms with Crippen LogP contribution in [0, 0.1) is 0 Å². The fourth-order valence-corrected chi connectivity index (χ4v) is 1.63. The molecule has 2 nitrogen and oxygen atoms in total. The summed E-state index contributed by atoms with van der Waals surface area (Å²) in [6.07, 6.45) is 9.43. The van der Waals surface area contributed by atoms with E-state index < -0.39 is 0 Å². The molecular weight excluding hydrogens is 210 g/mol. The van der Waals surface area contributed by atoms with E-state index in [1.54, 1.807) is 0 Å². The molecule has 0 bridgehead atoms. The van der Waals surface area contributed by atoms with Crippen molar-refractivity contribution in [2.24, 2.45) is 5.16 Å².